The largest absolute Gasteiger partial charge is 0.393 e. The highest BCUT2D eigenvalue weighted by molar-refractivity contribution is 4.70. The summed E-state index contributed by atoms with van der Waals surface area (Å²) in [6.07, 6.45) is 4.32. The molecule has 1 saturated heterocycles. The van der Waals surface area contributed by atoms with Crippen LogP contribution >= 0.6 is 0 Å². The van der Waals surface area contributed by atoms with Crippen LogP contribution < -0.4 is 5.32 Å². The molecule has 0 bridgehead atoms. The second kappa shape index (κ2) is 7.20. The lowest BCUT2D eigenvalue weighted by Gasteiger charge is -2.25. The molecule has 2 N–H and O–H groups in total. The lowest BCUT2D eigenvalue weighted by molar-refractivity contribution is 0.0610. The molecule has 1 aliphatic rings. The van der Waals surface area contributed by atoms with Crippen molar-refractivity contribution in [2.45, 2.75) is 51.7 Å². The molecule has 0 aliphatic carbocycles. The van der Waals surface area contributed by atoms with E-state index < -0.39 is 0 Å². The van der Waals surface area contributed by atoms with Crippen molar-refractivity contribution in [1.29, 1.82) is 0 Å². The number of aliphatic hydroxyl groups excluding tert-OH is 1. The van der Waals surface area contributed by atoms with Gasteiger partial charge in [0.2, 0.25) is 0 Å². The average molecular weight is 215 g/mol. The van der Waals surface area contributed by atoms with E-state index in [4.69, 9.17) is 9.84 Å². The molecule has 0 saturated carbocycles. The summed E-state index contributed by atoms with van der Waals surface area (Å²) in [5, 5.41) is 12.6. The van der Waals surface area contributed by atoms with Crippen molar-refractivity contribution in [2.24, 2.45) is 5.92 Å². The predicted molar refractivity (Wildman–Crippen MR) is 61.9 cm³/mol. The van der Waals surface area contributed by atoms with Gasteiger partial charge in [0.25, 0.3) is 0 Å². The molecule has 1 aliphatic heterocycles. The summed E-state index contributed by atoms with van der Waals surface area (Å²) in [5.74, 6) is 0.827. The highest BCUT2D eigenvalue weighted by Crippen LogP contribution is 2.19. The van der Waals surface area contributed by atoms with Crippen LogP contribution in [0.1, 0.15) is 39.5 Å². The number of rotatable bonds is 6. The summed E-state index contributed by atoms with van der Waals surface area (Å²) >= 11 is 0. The zero-order valence-electron chi connectivity index (χ0n) is 10.0. The van der Waals surface area contributed by atoms with Gasteiger partial charge in [-0.2, -0.15) is 0 Å². The Morgan fingerprint density at radius 2 is 2.00 bits per heavy atom. The molecule has 0 aromatic carbocycles. The second-order valence-electron chi connectivity index (χ2n) is 4.78. The summed E-state index contributed by atoms with van der Waals surface area (Å²) in [5.41, 5.74) is 0. The van der Waals surface area contributed by atoms with Gasteiger partial charge in [0.15, 0.2) is 0 Å². The Kier molecular flexibility index (Phi) is 6.22. The molecule has 1 fully saturated rings. The van der Waals surface area contributed by atoms with Crippen LogP contribution in [0, 0.1) is 5.92 Å². The van der Waals surface area contributed by atoms with Crippen LogP contribution in [0.4, 0.5) is 0 Å². The molecule has 3 heteroatoms. The Labute approximate surface area is 93.2 Å². The first-order valence-electron chi connectivity index (χ1n) is 6.17. The summed E-state index contributed by atoms with van der Waals surface area (Å²) in [7, 11) is 0. The van der Waals surface area contributed by atoms with E-state index in [1.807, 2.05) is 6.92 Å². The molecule has 0 aromatic heterocycles. The molecule has 0 radical (unpaired) electrons. The third kappa shape index (κ3) is 6.13. The van der Waals surface area contributed by atoms with E-state index in [0.29, 0.717) is 6.04 Å². The Hall–Kier alpha value is -0.120. The Balaban J connectivity index is 2.03. The molecule has 1 heterocycles. The number of ether oxygens (including phenoxy) is 1. The molecule has 1 rings (SSSR count). The van der Waals surface area contributed by atoms with Gasteiger partial charge in [0.05, 0.1) is 6.10 Å². The van der Waals surface area contributed by atoms with Crippen LogP contribution in [0.5, 0.6) is 0 Å². The van der Waals surface area contributed by atoms with Crippen molar-refractivity contribution in [2.75, 3.05) is 19.8 Å². The summed E-state index contributed by atoms with van der Waals surface area (Å²) in [6.45, 7) is 6.86. The maximum atomic E-state index is 9.13. The van der Waals surface area contributed by atoms with Gasteiger partial charge in [0.1, 0.15) is 0 Å². The first-order chi connectivity index (χ1) is 7.18. The van der Waals surface area contributed by atoms with Crippen LogP contribution in [-0.2, 0) is 4.74 Å². The standard InChI is InChI=1S/C12H25NO2/c1-10(13-6-3-11(2)14)9-12-4-7-15-8-5-12/h10-14H,3-9H2,1-2H3. The smallest absolute Gasteiger partial charge is 0.0524 e. The van der Waals surface area contributed by atoms with E-state index in [-0.39, 0.29) is 6.10 Å². The molecular weight excluding hydrogens is 190 g/mol. The average Bonchev–Trinajstić information content (AvgIpc) is 2.18. The molecule has 0 spiro atoms. The lowest BCUT2D eigenvalue weighted by atomic mass is 9.93. The monoisotopic (exact) mass is 215 g/mol. The van der Waals surface area contributed by atoms with Gasteiger partial charge in [-0.25, -0.2) is 0 Å². The molecular formula is C12H25NO2. The highest BCUT2D eigenvalue weighted by atomic mass is 16.5. The molecule has 15 heavy (non-hydrogen) atoms. The first kappa shape index (κ1) is 12.9. The van der Waals surface area contributed by atoms with E-state index in [1.165, 1.54) is 19.3 Å². The second-order valence-corrected chi connectivity index (χ2v) is 4.78. The topological polar surface area (TPSA) is 41.5 Å². The molecule has 2 unspecified atom stereocenters. The van der Waals surface area contributed by atoms with Crippen molar-refractivity contribution < 1.29 is 9.84 Å². The fourth-order valence-electron chi connectivity index (χ4n) is 2.10. The normalized spacial score (nSPS) is 22.6. The summed E-state index contributed by atoms with van der Waals surface area (Å²) < 4.78 is 5.34. The van der Waals surface area contributed by atoms with Crippen LogP contribution in [0.3, 0.4) is 0 Å². The zero-order valence-corrected chi connectivity index (χ0v) is 10.0. The van der Waals surface area contributed by atoms with Crippen molar-refractivity contribution in [1.82, 2.24) is 5.32 Å². The molecule has 0 amide bonds. The first-order valence-corrected chi connectivity index (χ1v) is 6.17. The van der Waals surface area contributed by atoms with E-state index in [1.54, 1.807) is 0 Å². The lowest BCUT2D eigenvalue weighted by Crippen LogP contribution is -2.32. The highest BCUT2D eigenvalue weighted by Gasteiger charge is 2.16. The summed E-state index contributed by atoms with van der Waals surface area (Å²) in [4.78, 5) is 0. The SMILES string of the molecule is CC(O)CCNC(C)CC1CCOCC1. The van der Waals surface area contributed by atoms with Crippen molar-refractivity contribution >= 4 is 0 Å². The van der Waals surface area contributed by atoms with Gasteiger partial charge in [-0.1, -0.05) is 0 Å². The van der Waals surface area contributed by atoms with Crippen LogP contribution in [0.25, 0.3) is 0 Å². The molecule has 3 nitrogen and oxygen atoms in total. The fraction of sp³-hybridized carbons (Fsp3) is 1.00. The Bertz CT molecular complexity index is 156. The minimum absolute atomic E-state index is 0.187. The zero-order chi connectivity index (χ0) is 11.1. The molecule has 2 atom stereocenters. The van der Waals surface area contributed by atoms with Gasteiger partial charge in [-0.15, -0.1) is 0 Å². The van der Waals surface area contributed by atoms with Crippen LogP contribution in [-0.4, -0.2) is 37.0 Å². The number of hydrogen-bond acceptors (Lipinski definition) is 3. The minimum Gasteiger partial charge on any atom is -0.393 e. The predicted octanol–water partition coefficient (Wildman–Crippen LogP) is 1.55. The third-order valence-corrected chi connectivity index (χ3v) is 3.08. The van der Waals surface area contributed by atoms with E-state index in [9.17, 15) is 0 Å². The van der Waals surface area contributed by atoms with Gasteiger partial charge in [0, 0.05) is 19.3 Å². The Morgan fingerprint density at radius 3 is 2.60 bits per heavy atom. The quantitative estimate of drug-likeness (QED) is 0.706. The number of aliphatic hydroxyl groups is 1. The maximum Gasteiger partial charge on any atom is 0.0524 e. The van der Waals surface area contributed by atoms with E-state index in [2.05, 4.69) is 12.2 Å². The van der Waals surface area contributed by atoms with Crippen LogP contribution in [0.2, 0.25) is 0 Å². The van der Waals surface area contributed by atoms with Crippen molar-refractivity contribution in [3.05, 3.63) is 0 Å². The molecule has 0 aromatic rings. The van der Waals surface area contributed by atoms with Crippen molar-refractivity contribution in [3.63, 3.8) is 0 Å². The van der Waals surface area contributed by atoms with Crippen molar-refractivity contribution in [3.8, 4) is 0 Å². The van der Waals surface area contributed by atoms with E-state index in [0.717, 1.165) is 32.1 Å². The molecule has 90 valence electrons. The maximum absolute atomic E-state index is 9.13. The number of nitrogens with one attached hydrogen (secondary N) is 1. The third-order valence-electron chi connectivity index (χ3n) is 3.08. The number of hydrogen-bond donors (Lipinski definition) is 2. The Morgan fingerprint density at radius 1 is 1.33 bits per heavy atom. The fourth-order valence-corrected chi connectivity index (χ4v) is 2.10. The van der Waals surface area contributed by atoms with Crippen LogP contribution in [0.15, 0.2) is 0 Å². The van der Waals surface area contributed by atoms with Gasteiger partial charge in [-0.05, 0) is 52.0 Å². The van der Waals surface area contributed by atoms with Gasteiger partial charge in [-0.3, -0.25) is 0 Å². The minimum atomic E-state index is -0.187. The van der Waals surface area contributed by atoms with E-state index >= 15 is 0 Å². The van der Waals surface area contributed by atoms with Gasteiger partial charge >= 0.3 is 0 Å². The summed E-state index contributed by atoms with van der Waals surface area (Å²) in [6, 6.07) is 0.562. The van der Waals surface area contributed by atoms with Gasteiger partial charge < -0.3 is 15.2 Å².